The van der Waals surface area contributed by atoms with Crippen LogP contribution in [0, 0.1) is 0 Å². The summed E-state index contributed by atoms with van der Waals surface area (Å²) in [5.41, 5.74) is 0. The Hall–Kier alpha value is -0.940. The number of nitrogens with one attached hydrogen (secondary N) is 1. The molecule has 0 amide bonds. The van der Waals surface area contributed by atoms with E-state index in [0.29, 0.717) is 12.1 Å². The van der Waals surface area contributed by atoms with Gasteiger partial charge in [0.1, 0.15) is 12.2 Å². The van der Waals surface area contributed by atoms with Crippen molar-refractivity contribution in [1.29, 1.82) is 0 Å². The van der Waals surface area contributed by atoms with Crippen LogP contribution in [0.1, 0.15) is 46.5 Å². The molecule has 18 heavy (non-hydrogen) atoms. The molecule has 0 atom stereocenters. The smallest absolute Gasteiger partial charge is 0.141 e. The molecule has 0 bridgehead atoms. The van der Waals surface area contributed by atoms with Gasteiger partial charge in [0.05, 0.1) is 6.54 Å². The first kappa shape index (κ1) is 15.1. The third-order valence-corrected chi connectivity index (χ3v) is 2.93. The van der Waals surface area contributed by atoms with Crippen molar-refractivity contribution in [1.82, 2.24) is 25.0 Å². The van der Waals surface area contributed by atoms with Gasteiger partial charge < -0.3 is 5.32 Å². The Labute approximate surface area is 111 Å². The minimum absolute atomic E-state index is 0.370. The van der Waals surface area contributed by atoms with E-state index in [1.807, 2.05) is 4.68 Å². The number of aromatic nitrogens is 3. The van der Waals surface area contributed by atoms with Gasteiger partial charge in [0, 0.05) is 25.2 Å². The van der Waals surface area contributed by atoms with Crippen molar-refractivity contribution in [3.63, 3.8) is 0 Å². The number of hydrogen-bond acceptors (Lipinski definition) is 4. The molecule has 0 aromatic carbocycles. The predicted molar refractivity (Wildman–Crippen MR) is 74.5 cm³/mol. The molecule has 1 heterocycles. The lowest BCUT2D eigenvalue weighted by atomic mass is 10.3. The largest absolute Gasteiger partial charge is 0.313 e. The molecule has 1 aromatic rings. The molecule has 0 aliphatic rings. The van der Waals surface area contributed by atoms with E-state index in [1.165, 1.54) is 0 Å². The topological polar surface area (TPSA) is 46.0 Å². The maximum atomic E-state index is 4.36. The van der Waals surface area contributed by atoms with Crippen LogP contribution in [0.5, 0.6) is 0 Å². The van der Waals surface area contributed by atoms with Crippen LogP contribution in [-0.2, 0) is 6.54 Å². The zero-order valence-electron chi connectivity index (χ0n) is 12.3. The summed E-state index contributed by atoms with van der Waals surface area (Å²) in [6.45, 7) is 14.8. The fourth-order valence-corrected chi connectivity index (χ4v) is 1.88. The molecular formula is C13H27N5. The Morgan fingerprint density at radius 3 is 2.61 bits per heavy atom. The average molecular weight is 253 g/mol. The van der Waals surface area contributed by atoms with Gasteiger partial charge in [-0.15, -0.1) is 0 Å². The number of likely N-dealkylation sites (N-methyl/N-ethyl adjacent to an activating group) is 1. The lowest BCUT2D eigenvalue weighted by molar-refractivity contribution is 0.261. The fraction of sp³-hybridized carbons (Fsp3) is 0.846. The van der Waals surface area contributed by atoms with Crippen LogP contribution >= 0.6 is 0 Å². The second-order valence-corrected chi connectivity index (χ2v) is 5.19. The molecule has 0 saturated heterocycles. The van der Waals surface area contributed by atoms with Crippen molar-refractivity contribution in [2.45, 2.75) is 53.2 Å². The maximum Gasteiger partial charge on any atom is 0.141 e. The summed E-state index contributed by atoms with van der Waals surface area (Å²) in [7, 11) is 0. The van der Waals surface area contributed by atoms with Crippen molar-refractivity contribution >= 4 is 0 Å². The van der Waals surface area contributed by atoms with Crippen LogP contribution in [0.3, 0.4) is 0 Å². The lowest BCUT2D eigenvalue weighted by Crippen LogP contribution is -2.35. The Morgan fingerprint density at radius 2 is 2.06 bits per heavy atom. The Morgan fingerprint density at radius 1 is 1.33 bits per heavy atom. The van der Waals surface area contributed by atoms with E-state index in [9.17, 15) is 0 Å². The van der Waals surface area contributed by atoms with Gasteiger partial charge in [0.15, 0.2) is 0 Å². The SMILES string of the molecule is CCN(CCNC(C)C)Cc1ncnn1C(C)C. The molecule has 0 spiro atoms. The van der Waals surface area contributed by atoms with Crippen LogP contribution in [0.25, 0.3) is 0 Å². The lowest BCUT2D eigenvalue weighted by Gasteiger charge is -2.21. The van der Waals surface area contributed by atoms with Gasteiger partial charge in [0.25, 0.3) is 0 Å². The molecule has 0 radical (unpaired) electrons. The van der Waals surface area contributed by atoms with E-state index in [4.69, 9.17) is 0 Å². The second-order valence-electron chi connectivity index (χ2n) is 5.19. The first-order chi connectivity index (χ1) is 8.54. The predicted octanol–water partition coefficient (Wildman–Crippen LogP) is 1.68. The standard InChI is InChI=1S/C13H27N5/c1-6-17(8-7-14-11(2)3)9-13-15-10-16-18(13)12(4)5/h10-12,14H,6-9H2,1-5H3. The molecule has 5 heteroatoms. The zero-order valence-corrected chi connectivity index (χ0v) is 12.3. The maximum absolute atomic E-state index is 4.36. The normalized spacial score (nSPS) is 12.0. The highest BCUT2D eigenvalue weighted by Crippen LogP contribution is 2.07. The van der Waals surface area contributed by atoms with Crippen molar-refractivity contribution in [2.24, 2.45) is 0 Å². The molecular weight excluding hydrogens is 226 g/mol. The summed E-state index contributed by atoms with van der Waals surface area (Å²) in [6.07, 6.45) is 1.65. The van der Waals surface area contributed by atoms with Crippen molar-refractivity contribution in [2.75, 3.05) is 19.6 Å². The third kappa shape index (κ3) is 4.74. The molecule has 5 nitrogen and oxygen atoms in total. The monoisotopic (exact) mass is 253 g/mol. The highest BCUT2D eigenvalue weighted by molar-refractivity contribution is 4.86. The summed E-state index contributed by atoms with van der Waals surface area (Å²) < 4.78 is 2.00. The molecule has 0 aliphatic carbocycles. The summed E-state index contributed by atoms with van der Waals surface area (Å²) >= 11 is 0. The molecule has 1 aromatic heterocycles. The highest BCUT2D eigenvalue weighted by atomic mass is 15.4. The second kappa shape index (κ2) is 7.48. The summed E-state index contributed by atoms with van der Waals surface area (Å²) in [6, 6.07) is 0.915. The van der Waals surface area contributed by atoms with Gasteiger partial charge >= 0.3 is 0 Å². The highest BCUT2D eigenvalue weighted by Gasteiger charge is 2.11. The van der Waals surface area contributed by atoms with Gasteiger partial charge in [-0.1, -0.05) is 20.8 Å². The van der Waals surface area contributed by atoms with E-state index in [2.05, 4.69) is 54.9 Å². The molecule has 104 valence electrons. The average Bonchev–Trinajstić information content (AvgIpc) is 2.75. The molecule has 0 saturated carbocycles. The van der Waals surface area contributed by atoms with Crippen molar-refractivity contribution < 1.29 is 0 Å². The van der Waals surface area contributed by atoms with Gasteiger partial charge in [-0.05, 0) is 20.4 Å². The van der Waals surface area contributed by atoms with Gasteiger partial charge in [-0.25, -0.2) is 9.67 Å². The van der Waals surface area contributed by atoms with E-state index in [1.54, 1.807) is 6.33 Å². The van der Waals surface area contributed by atoms with Crippen LogP contribution in [0.15, 0.2) is 6.33 Å². The van der Waals surface area contributed by atoms with Gasteiger partial charge in [0.2, 0.25) is 0 Å². The minimum Gasteiger partial charge on any atom is -0.313 e. The van der Waals surface area contributed by atoms with Crippen molar-refractivity contribution in [3.8, 4) is 0 Å². The van der Waals surface area contributed by atoms with Crippen LogP contribution < -0.4 is 5.32 Å². The van der Waals surface area contributed by atoms with E-state index in [0.717, 1.165) is 32.0 Å². The van der Waals surface area contributed by atoms with Crippen LogP contribution in [-0.4, -0.2) is 45.3 Å². The Kier molecular flexibility index (Phi) is 6.29. The number of nitrogens with zero attached hydrogens (tertiary/aromatic N) is 4. The summed E-state index contributed by atoms with van der Waals surface area (Å²) in [5.74, 6) is 1.05. The first-order valence-electron chi connectivity index (χ1n) is 6.88. The van der Waals surface area contributed by atoms with Gasteiger partial charge in [-0.3, -0.25) is 4.90 Å². The van der Waals surface area contributed by atoms with E-state index in [-0.39, 0.29) is 0 Å². The number of hydrogen-bond donors (Lipinski definition) is 1. The molecule has 1 N–H and O–H groups in total. The Bertz CT molecular complexity index is 332. The zero-order chi connectivity index (χ0) is 13.5. The Balaban J connectivity index is 2.49. The molecule has 0 fully saturated rings. The summed E-state index contributed by atoms with van der Waals surface area (Å²) in [4.78, 5) is 6.75. The van der Waals surface area contributed by atoms with Crippen LogP contribution in [0.4, 0.5) is 0 Å². The molecule has 0 unspecified atom stereocenters. The molecule has 0 aliphatic heterocycles. The minimum atomic E-state index is 0.370. The summed E-state index contributed by atoms with van der Waals surface area (Å²) in [5, 5.41) is 7.72. The van der Waals surface area contributed by atoms with Crippen LogP contribution in [0.2, 0.25) is 0 Å². The van der Waals surface area contributed by atoms with E-state index < -0.39 is 0 Å². The fourth-order valence-electron chi connectivity index (χ4n) is 1.88. The number of rotatable bonds is 8. The van der Waals surface area contributed by atoms with Crippen molar-refractivity contribution in [3.05, 3.63) is 12.2 Å². The third-order valence-electron chi connectivity index (χ3n) is 2.93. The van der Waals surface area contributed by atoms with Gasteiger partial charge in [-0.2, -0.15) is 5.10 Å². The quantitative estimate of drug-likeness (QED) is 0.765. The van der Waals surface area contributed by atoms with E-state index >= 15 is 0 Å². The molecule has 1 rings (SSSR count). The first-order valence-corrected chi connectivity index (χ1v) is 6.88.